The Morgan fingerprint density at radius 3 is 2.45 bits per heavy atom. The van der Waals surface area contributed by atoms with Crippen molar-refractivity contribution in [2.45, 2.75) is 45.1 Å². The number of amides is 1. The molecule has 1 aliphatic heterocycles. The summed E-state index contributed by atoms with van der Waals surface area (Å²) in [5.74, 6) is 0.977. The normalized spacial score (nSPS) is 17.3. The number of nitrogens with zero attached hydrogens (tertiary/aromatic N) is 3. The van der Waals surface area contributed by atoms with Crippen LogP contribution in [0.2, 0.25) is 0 Å². The third kappa shape index (κ3) is 3.43. The smallest absolute Gasteiger partial charge is 0.410 e. The zero-order valence-electron chi connectivity index (χ0n) is 12.7. The van der Waals surface area contributed by atoms with Crippen molar-refractivity contribution in [3.63, 3.8) is 0 Å². The minimum atomic E-state index is -0.443. The highest BCUT2D eigenvalue weighted by Gasteiger charge is 2.28. The largest absolute Gasteiger partial charge is 0.444 e. The number of hydrogen-bond acceptors (Lipinski definition) is 4. The summed E-state index contributed by atoms with van der Waals surface area (Å²) in [4.78, 5) is 13.8. The lowest BCUT2D eigenvalue weighted by atomic mass is 9.91. The lowest BCUT2D eigenvalue weighted by molar-refractivity contribution is 0.0205. The third-order valence-electron chi connectivity index (χ3n) is 3.47. The van der Waals surface area contributed by atoms with Crippen molar-refractivity contribution in [1.29, 1.82) is 0 Å². The van der Waals surface area contributed by atoms with Crippen LogP contribution >= 0.6 is 0 Å². The van der Waals surface area contributed by atoms with Crippen LogP contribution in [0, 0.1) is 0 Å². The molecule has 0 aromatic carbocycles. The van der Waals surface area contributed by atoms with Crippen LogP contribution in [0.1, 0.15) is 45.1 Å². The molecule has 1 saturated heterocycles. The number of aryl methyl sites for hydroxylation is 1. The van der Waals surface area contributed by atoms with E-state index in [2.05, 4.69) is 5.10 Å². The number of ether oxygens (including phenoxy) is 1. The Labute approximate surface area is 119 Å². The van der Waals surface area contributed by atoms with Gasteiger partial charge in [0.1, 0.15) is 11.4 Å². The molecule has 112 valence electrons. The van der Waals surface area contributed by atoms with Crippen molar-refractivity contribution >= 4 is 11.9 Å². The predicted molar refractivity (Wildman–Crippen MR) is 77.4 cm³/mol. The summed E-state index contributed by atoms with van der Waals surface area (Å²) in [5.41, 5.74) is 6.56. The molecule has 0 atom stereocenters. The fourth-order valence-electron chi connectivity index (χ4n) is 2.54. The van der Waals surface area contributed by atoms with Crippen LogP contribution in [-0.2, 0) is 11.8 Å². The van der Waals surface area contributed by atoms with Gasteiger partial charge in [0.2, 0.25) is 0 Å². The Kier molecular flexibility index (Phi) is 3.92. The van der Waals surface area contributed by atoms with E-state index in [0.29, 0.717) is 24.8 Å². The van der Waals surface area contributed by atoms with E-state index >= 15 is 0 Å². The molecule has 2 heterocycles. The van der Waals surface area contributed by atoms with Crippen molar-refractivity contribution in [1.82, 2.24) is 14.7 Å². The minimum absolute atomic E-state index is 0.227. The van der Waals surface area contributed by atoms with Crippen molar-refractivity contribution in [2.75, 3.05) is 18.8 Å². The Bertz CT molecular complexity index is 482. The second-order valence-corrected chi connectivity index (χ2v) is 6.39. The van der Waals surface area contributed by atoms with E-state index in [1.54, 1.807) is 9.58 Å². The Hall–Kier alpha value is -1.72. The standard InChI is InChI=1S/C14H24N4O2/c1-14(2,3)20-13(19)18-7-5-10(6-8-18)11-9-17(4)16-12(11)15/h9-10H,5-8H2,1-4H3,(H2,15,16). The fraction of sp³-hybridized carbons (Fsp3) is 0.714. The molecule has 20 heavy (non-hydrogen) atoms. The highest BCUT2D eigenvalue weighted by molar-refractivity contribution is 5.68. The molecule has 6 heteroatoms. The number of carbonyl (C=O) groups excluding carboxylic acids is 1. The Morgan fingerprint density at radius 1 is 1.40 bits per heavy atom. The molecule has 1 aromatic heterocycles. The van der Waals surface area contributed by atoms with E-state index < -0.39 is 5.60 Å². The lowest BCUT2D eigenvalue weighted by Gasteiger charge is -2.33. The minimum Gasteiger partial charge on any atom is -0.444 e. The zero-order chi connectivity index (χ0) is 14.9. The monoisotopic (exact) mass is 280 g/mol. The van der Waals surface area contributed by atoms with Crippen LogP contribution in [0.3, 0.4) is 0 Å². The molecule has 1 aromatic rings. The number of nitrogens with two attached hydrogens (primary N) is 1. The molecule has 0 aliphatic carbocycles. The maximum absolute atomic E-state index is 12.0. The topological polar surface area (TPSA) is 73.4 Å². The summed E-state index contributed by atoms with van der Waals surface area (Å²) in [7, 11) is 1.87. The highest BCUT2D eigenvalue weighted by Crippen LogP contribution is 2.31. The highest BCUT2D eigenvalue weighted by atomic mass is 16.6. The van der Waals surface area contributed by atoms with Gasteiger partial charge in [-0.25, -0.2) is 4.79 Å². The SMILES string of the molecule is Cn1cc(C2CCN(C(=O)OC(C)(C)C)CC2)c(N)n1. The van der Waals surface area contributed by atoms with Gasteiger partial charge in [0.05, 0.1) is 0 Å². The molecule has 1 fully saturated rings. The van der Waals surface area contributed by atoms with Gasteiger partial charge in [-0.2, -0.15) is 5.10 Å². The molecule has 1 aliphatic rings. The molecule has 0 saturated carbocycles. The Balaban J connectivity index is 1.92. The fourth-order valence-corrected chi connectivity index (χ4v) is 2.54. The molecule has 0 unspecified atom stereocenters. The lowest BCUT2D eigenvalue weighted by Crippen LogP contribution is -2.41. The van der Waals surface area contributed by atoms with Crippen molar-refractivity contribution in [3.05, 3.63) is 11.8 Å². The summed E-state index contributed by atoms with van der Waals surface area (Å²) >= 11 is 0. The van der Waals surface area contributed by atoms with Gasteiger partial charge in [0.25, 0.3) is 0 Å². The first-order valence-corrected chi connectivity index (χ1v) is 7.03. The zero-order valence-corrected chi connectivity index (χ0v) is 12.7. The first kappa shape index (κ1) is 14.7. The van der Waals surface area contributed by atoms with Gasteiger partial charge in [-0.1, -0.05) is 0 Å². The molecule has 0 spiro atoms. The van der Waals surface area contributed by atoms with Gasteiger partial charge in [0.15, 0.2) is 0 Å². The van der Waals surface area contributed by atoms with E-state index in [-0.39, 0.29) is 6.09 Å². The van der Waals surface area contributed by atoms with Crippen molar-refractivity contribution in [3.8, 4) is 0 Å². The average molecular weight is 280 g/mol. The van der Waals surface area contributed by atoms with Gasteiger partial charge in [0, 0.05) is 31.9 Å². The summed E-state index contributed by atoms with van der Waals surface area (Å²) in [6.45, 7) is 7.05. The number of anilines is 1. The second kappa shape index (κ2) is 5.34. The second-order valence-electron chi connectivity index (χ2n) is 6.39. The summed E-state index contributed by atoms with van der Waals surface area (Å²) in [5, 5.41) is 4.18. The van der Waals surface area contributed by atoms with E-state index in [1.807, 2.05) is 34.0 Å². The number of likely N-dealkylation sites (tertiary alicyclic amines) is 1. The molecular weight excluding hydrogens is 256 g/mol. The summed E-state index contributed by atoms with van der Waals surface area (Å²) < 4.78 is 7.13. The molecule has 2 N–H and O–H groups in total. The van der Waals surface area contributed by atoms with Gasteiger partial charge < -0.3 is 15.4 Å². The van der Waals surface area contributed by atoms with Gasteiger partial charge in [-0.05, 0) is 39.5 Å². The number of piperidine rings is 1. The van der Waals surface area contributed by atoms with E-state index in [4.69, 9.17) is 10.5 Å². The number of carbonyl (C=O) groups is 1. The number of aromatic nitrogens is 2. The van der Waals surface area contributed by atoms with Gasteiger partial charge >= 0.3 is 6.09 Å². The summed E-state index contributed by atoms with van der Waals surface area (Å²) in [6.07, 6.45) is 3.54. The predicted octanol–water partition coefficient (Wildman–Crippen LogP) is 2.12. The third-order valence-corrected chi connectivity index (χ3v) is 3.47. The summed E-state index contributed by atoms with van der Waals surface area (Å²) in [6, 6.07) is 0. The Morgan fingerprint density at radius 2 is 2.00 bits per heavy atom. The van der Waals surface area contributed by atoms with Crippen LogP contribution in [0.4, 0.5) is 10.6 Å². The van der Waals surface area contributed by atoms with Crippen LogP contribution in [0.15, 0.2) is 6.20 Å². The van der Waals surface area contributed by atoms with Crippen molar-refractivity contribution < 1.29 is 9.53 Å². The maximum atomic E-state index is 12.0. The number of nitrogen functional groups attached to an aromatic ring is 1. The van der Waals surface area contributed by atoms with Crippen LogP contribution < -0.4 is 5.73 Å². The maximum Gasteiger partial charge on any atom is 0.410 e. The van der Waals surface area contributed by atoms with Crippen molar-refractivity contribution in [2.24, 2.45) is 7.05 Å². The molecule has 2 rings (SSSR count). The van der Waals surface area contributed by atoms with Crippen LogP contribution in [0.25, 0.3) is 0 Å². The number of hydrogen-bond donors (Lipinski definition) is 1. The number of rotatable bonds is 1. The van der Waals surface area contributed by atoms with Crippen LogP contribution in [0.5, 0.6) is 0 Å². The van der Waals surface area contributed by atoms with Crippen LogP contribution in [-0.4, -0.2) is 39.5 Å². The molecule has 1 amide bonds. The van der Waals surface area contributed by atoms with E-state index in [9.17, 15) is 4.79 Å². The van der Waals surface area contributed by atoms with E-state index in [1.165, 1.54) is 0 Å². The molecular formula is C14H24N4O2. The van der Waals surface area contributed by atoms with Gasteiger partial charge in [-0.3, -0.25) is 4.68 Å². The average Bonchev–Trinajstić information content (AvgIpc) is 2.66. The molecule has 0 radical (unpaired) electrons. The first-order chi connectivity index (χ1) is 9.26. The quantitative estimate of drug-likeness (QED) is 0.855. The molecule has 6 nitrogen and oxygen atoms in total. The molecule has 0 bridgehead atoms. The first-order valence-electron chi connectivity index (χ1n) is 7.03. The van der Waals surface area contributed by atoms with Gasteiger partial charge in [-0.15, -0.1) is 0 Å². The van der Waals surface area contributed by atoms with E-state index in [0.717, 1.165) is 18.4 Å².